The Labute approximate surface area is 109 Å². The largest absolute Gasteiger partial charge is 0.356 e. The average Bonchev–Trinajstić information content (AvgIpc) is 2.44. The Hall–Kier alpha value is -1.31. The molecule has 1 aliphatic heterocycles. The Bertz CT molecular complexity index is 416. The topological polar surface area (TPSA) is 29.1 Å². The van der Waals surface area contributed by atoms with Crippen molar-refractivity contribution < 1.29 is 4.79 Å². The van der Waals surface area contributed by atoms with Crippen molar-refractivity contribution in [2.75, 3.05) is 6.54 Å². The highest BCUT2D eigenvalue weighted by molar-refractivity contribution is 5.76. The van der Waals surface area contributed by atoms with Gasteiger partial charge >= 0.3 is 0 Å². The van der Waals surface area contributed by atoms with Gasteiger partial charge in [-0.25, -0.2) is 0 Å². The van der Waals surface area contributed by atoms with Gasteiger partial charge in [-0.1, -0.05) is 43.2 Å². The minimum absolute atomic E-state index is 0.234. The van der Waals surface area contributed by atoms with Gasteiger partial charge in [0.25, 0.3) is 0 Å². The van der Waals surface area contributed by atoms with E-state index in [1.54, 1.807) is 0 Å². The van der Waals surface area contributed by atoms with Crippen LogP contribution in [0.2, 0.25) is 0 Å². The monoisotopic (exact) mass is 243 g/mol. The highest BCUT2D eigenvalue weighted by Crippen LogP contribution is 2.50. The Kier molecular flexibility index (Phi) is 3.11. The lowest BCUT2D eigenvalue weighted by molar-refractivity contribution is -0.125. The molecule has 18 heavy (non-hydrogen) atoms. The van der Waals surface area contributed by atoms with E-state index in [1.807, 2.05) is 0 Å². The van der Waals surface area contributed by atoms with Gasteiger partial charge in [-0.3, -0.25) is 4.79 Å². The lowest BCUT2D eigenvalue weighted by Crippen LogP contribution is -2.47. The second-order valence-electron chi connectivity index (χ2n) is 5.85. The molecule has 2 heteroatoms. The molecule has 1 aliphatic carbocycles. The summed E-state index contributed by atoms with van der Waals surface area (Å²) in [6, 6.07) is 10.9. The van der Waals surface area contributed by atoms with E-state index >= 15 is 0 Å². The van der Waals surface area contributed by atoms with Crippen LogP contribution in [-0.4, -0.2) is 12.5 Å². The van der Waals surface area contributed by atoms with Crippen LogP contribution >= 0.6 is 0 Å². The molecule has 0 aromatic heterocycles. The van der Waals surface area contributed by atoms with Gasteiger partial charge in [0.2, 0.25) is 5.91 Å². The Balaban J connectivity index is 1.88. The maximum atomic E-state index is 11.4. The summed E-state index contributed by atoms with van der Waals surface area (Å²) in [5.41, 5.74) is 1.79. The van der Waals surface area contributed by atoms with Crippen molar-refractivity contribution in [1.29, 1.82) is 0 Å². The van der Waals surface area contributed by atoms with E-state index < -0.39 is 0 Å². The molecule has 2 fully saturated rings. The normalized spacial score (nSPS) is 32.2. The van der Waals surface area contributed by atoms with Crippen LogP contribution < -0.4 is 5.32 Å². The van der Waals surface area contributed by atoms with Crippen LogP contribution in [0.3, 0.4) is 0 Å². The van der Waals surface area contributed by atoms with Crippen LogP contribution in [0.4, 0.5) is 0 Å². The quantitative estimate of drug-likeness (QED) is 0.806. The molecule has 0 radical (unpaired) electrons. The second-order valence-corrected chi connectivity index (χ2v) is 5.85. The molecule has 2 aliphatic rings. The molecule has 1 saturated carbocycles. The van der Waals surface area contributed by atoms with E-state index in [-0.39, 0.29) is 5.91 Å². The molecule has 1 spiro atoms. The third-order valence-electron chi connectivity index (χ3n) is 4.85. The summed E-state index contributed by atoms with van der Waals surface area (Å²) >= 11 is 0. The first-order valence-electron chi connectivity index (χ1n) is 7.12. The Morgan fingerprint density at radius 3 is 2.67 bits per heavy atom. The molecule has 96 valence electrons. The highest BCUT2D eigenvalue weighted by atomic mass is 16.1. The molecule has 1 amide bonds. The smallest absolute Gasteiger partial charge is 0.220 e. The fourth-order valence-corrected chi connectivity index (χ4v) is 3.84. The molecule has 2 unspecified atom stereocenters. The van der Waals surface area contributed by atoms with Gasteiger partial charge in [0.15, 0.2) is 0 Å². The molecule has 0 bridgehead atoms. The maximum Gasteiger partial charge on any atom is 0.220 e. The number of hydrogen-bond donors (Lipinski definition) is 1. The fourth-order valence-electron chi connectivity index (χ4n) is 3.84. The molecule has 2 nitrogen and oxygen atoms in total. The minimum atomic E-state index is 0.234. The van der Waals surface area contributed by atoms with Crippen molar-refractivity contribution in [2.24, 2.45) is 5.41 Å². The van der Waals surface area contributed by atoms with E-state index in [9.17, 15) is 4.79 Å². The summed E-state index contributed by atoms with van der Waals surface area (Å²) in [5, 5.41) is 3.10. The zero-order valence-corrected chi connectivity index (χ0v) is 10.8. The van der Waals surface area contributed by atoms with E-state index in [1.165, 1.54) is 31.2 Å². The predicted octanol–water partition coefficient (Wildman–Crippen LogP) is 3.24. The first-order valence-corrected chi connectivity index (χ1v) is 7.12. The van der Waals surface area contributed by atoms with Crippen LogP contribution in [-0.2, 0) is 4.79 Å². The average molecular weight is 243 g/mol. The van der Waals surface area contributed by atoms with Gasteiger partial charge in [0, 0.05) is 13.0 Å². The van der Waals surface area contributed by atoms with Crippen LogP contribution in [0.15, 0.2) is 30.3 Å². The van der Waals surface area contributed by atoms with Crippen LogP contribution in [0.1, 0.15) is 50.0 Å². The molecule has 1 saturated heterocycles. The van der Waals surface area contributed by atoms with Crippen molar-refractivity contribution in [2.45, 2.75) is 44.4 Å². The lowest BCUT2D eigenvalue weighted by atomic mass is 9.60. The number of hydrogen-bond acceptors (Lipinski definition) is 1. The van der Waals surface area contributed by atoms with Gasteiger partial charge < -0.3 is 5.32 Å². The van der Waals surface area contributed by atoms with Gasteiger partial charge in [0.05, 0.1) is 0 Å². The number of carbonyl (C=O) groups is 1. The zero-order chi connectivity index (χ0) is 12.4. The fraction of sp³-hybridized carbons (Fsp3) is 0.562. The summed E-state index contributed by atoms with van der Waals surface area (Å²) in [6.07, 6.45) is 6.98. The van der Waals surface area contributed by atoms with Crippen LogP contribution in [0.25, 0.3) is 0 Å². The van der Waals surface area contributed by atoms with Gasteiger partial charge in [-0.05, 0) is 36.2 Å². The molecule has 1 heterocycles. The molecule has 1 aromatic rings. The van der Waals surface area contributed by atoms with E-state index in [0.717, 1.165) is 13.0 Å². The first kappa shape index (κ1) is 11.8. The Morgan fingerprint density at radius 1 is 1.11 bits per heavy atom. The van der Waals surface area contributed by atoms with E-state index in [0.29, 0.717) is 17.8 Å². The van der Waals surface area contributed by atoms with Gasteiger partial charge in [-0.15, -0.1) is 0 Å². The summed E-state index contributed by atoms with van der Waals surface area (Å²) in [6.45, 7) is 0.880. The number of carbonyl (C=O) groups excluding carboxylic acids is 1. The van der Waals surface area contributed by atoms with Crippen molar-refractivity contribution in [3.05, 3.63) is 35.9 Å². The zero-order valence-electron chi connectivity index (χ0n) is 10.8. The van der Waals surface area contributed by atoms with Crippen molar-refractivity contribution in [3.8, 4) is 0 Å². The summed E-state index contributed by atoms with van der Waals surface area (Å²) < 4.78 is 0. The van der Waals surface area contributed by atoms with E-state index in [4.69, 9.17) is 0 Å². The molecule has 1 N–H and O–H groups in total. The summed E-state index contributed by atoms with van der Waals surface area (Å²) in [4.78, 5) is 11.4. The SMILES string of the molecule is O=C1CCC2(CCCCC2c2ccccc2)CN1. The number of amides is 1. The van der Waals surface area contributed by atoms with Crippen LogP contribution in [0.5, 0.6) is 0 Å². The number of benzene rings is 1. The maximum absolute atomic E-state index is 11.4. The summed E-state index contributed by atoms with van der Waals surface area (Å²) in [7, 11) is 0. The number of rotatable bonds is 1. The van der Waals surface area contributed by atoms with Crippen LogP contribution in [0, 0.1) is 5.41 Å². The number of piperidine rings is 1. The molecule has 2 atom stereocenters. The molecular formula is C16H21NO. The molecule has 3 rings (SSSR count). The third-order valence-corrected chi connectivity index (χ3v) is 4.85. The van der Waals surface area contributed by atoms with Gasteiger partial charge in [0.1, 0.15) is 0 Å². The molecule has 1 aromatic carbocycles. The van der Waals surface area contributed by atoms with Crippen molar-refractivity contribution in [3.63, 3.8) is 0 Å². The number of nitrogens with one attached hydrogen (secondary N) is 1. The van der Waals surface area contributed by atoms with Crippen molar-refractivity contribution in [1.82, 2.24) is 5.32 Å². The molecular weight excluding hydrogens is 222 g/mol. The van der Waals surface area contributed by atoms with Gasteiger partial charge in [-0.2, -0.15) is 0 Å². The summed E-state index contributed by atoms with van der Waals surface area (Å²) in [5.74, 6) is 0.867. The second kappa shape index (κ2) is 4.75. The first-order chi connectivity index (χ1) is 8.80. The van der Waals surface area contributed by atoms with E-state index in [2.05, 4.69) is 35.6 Å². The highest BCUT2D eigenvalue weighted by Gasteiger charge is 2.43. The minimum Gasteiger partial charge on any atom is -0.356 e. The standard InChI is InChI=1S/C16H21NO/c18-15-9-11-16(12-17-15)10-5-4-8-14(16)13-6-2-1-3-7-13/h1-3,6-7,14H,4-5,8-12H2,(H,17,18). The Morgan fingerprint density at radius 2 is 1.94 bits per heavy atom. The lowest BCUT2D eigenvalue weighted by Gasteiger charge is -2.47. The third kappa shape index (κ3) is 2.05. The predicted molar refractivity (Wildman–Crippen MR) is 72.3 cm³/mol. The van der Waals surface area contributed by atoms with Crippen molar-refractivity contribution >= 4 is 5.91 Å².